The van der Waals surface area contributed by atoms with Gasteiger partial charge < -0.3 is 10.6 Å². The van der Waals surface area contributed by atoms with E-state index in [0.29, 0.717) is 6.04 Å². The normalized spacial score (nSPS) is 20.9. The van der Waals surface area contributed by atoms with Crippen molar-refractivity contribution in [1.82, 2.24) is 10.3 Å². The van der Waals surface area contributed by atoms with Gasteiger partial charge in [0.1, 0.15) is 5.82 Å². The summed E-state index contributed by atoms with van der Waals surface area (Å²) in [7, 11) is 0. The molecule has 2 N–H and O–H groups in total. The highest BCUT2D eigenvalue weighted by molar-refractivity contribution is 7.17. The molecule has 3 rings (SSSR count). The molecular weight excluding hydrogens is 206 g/mol. The molecule has 1 saturated heterocycles. The maximum absolute atomic E-state index is 4.41. The molecule has 1 atom stereocenters. The highest BCUT2D eigenvalue weighted by atomic mass is 32.1. The Morgan fingerprint density at radius 1 is 1.47 bits per heavy atom. The Hall–Kier alpha value is -1.13. The first kappa shape index (κ1) is 9.12. The van der Waals surface area contributed by atoms with Crippen LogP contribution in [0.3, 0.4) is 0 Å². The number of hydrogen-bond acceptors (Lipinski definition) is 4. The molecule has 1 fully saturated rings. The molecule has 0 aromatic carbocycles. The summed E-state index contributed by atoms with van der Waals surface area (Å²) < 4.78 is 1.30. The smallest absolute Gasteiger partial charge is 0.134 e. The van der Waals surface area contributed by atoms with Crippen LogP contribution < -0.4 is 10.6 Å². The average Bonchev–Trinajstić information content (AvgIpc) is 2.87. The van der Waals surface area contributed by atoms with Gasteiger partial charge in [-0.2, -0.15) is 0 Å². The lowest BCUT2D eigenvalue weighted by molar-refractivity contribution is 0.789. The summed E-state index contributed by atoms with van der Waals surface area (Å²) in [5, 5.41) is 10.2. The van der Waals surface area contributed by atoms with Gasteiger partial charge in [0.2, 0.25) is 0 Å². The molecule has 3 nitrogen and oxygen atoms in total. The molecule has 0 bridgehead atoms. The van der Waals surface area contributed by atoms with E-state index in [1.165, 1.54) is 16.5 Å². The van der Waals surface area contributed by atoms with E-state index in [1.807, 2.05) is 6.20 Å². The lowest BCUT2D eigenvalue weighted by atomic mass is 10.2. The third-order valence-corrected chi connectivity index (χ3v) is 3.66. The van der Waals surface area contributed by atoms with E-state index in [4.69, 9.17) is 0 Å². The fourth-order valence-corrected chi connectivity index (χ4v) is 2.76. The zero-order valence-electron chi connectivity index (χ0n) is 8.36. The Balaban J connectivity index is 1.92. The monoisotopic (exact) mass is 219 g/mol. The van der Waals surface area contributed by atoms with Gasteiger partial charge in [-0.25, -0.2) is 4.98 Å². The molecule has 2 aromatic heterocycles. The van der Waals surface area contributed by atoms with Crippen molar-refractivity contribution in [2.24, 2.45) is 0 Å². The number of fused-ring (bicyclic) bond motifs is 1. The van der Waals surface area contributed by atoms with E-state index in [2.05, 4.69) is 33.1 Å². The number of nitrogens with zero attached hydrogens (tertiary/aromatic N) is 1. The standard InChI is InChI=1S/C11H13N3S/c1-4-12-7-8(1)14-11-9-3-6-15-10(9)2-5-13-11/h2-3,5-6,8,12H,1,4,7H2,(H,13,14)/t8-/m1/s1. The Kier molecular flexibility index (Phi) is 2.31. The molecule has 1 aliphatic rings. The molecule has 15 heavy (non-hydrogen) atoms. The summed E-state index contributed by atoms with van der Waals surface area (Å²) in [6.45, 7) is 2.15. The predicted octanol–water partition coefficient (Wildman–Crippen LogP) is 2.07. The van der Waals surface area contributed by atoms with E-state index < -0.39 is 0 Å². The van der Waals surface area contributed by atoms with Crippen LogP contribution >= 0.6 is 11.3 Å². The molecule has 78 valence electrons. The van der Waals surface area contributed by atoms with Crippen molar-refractivity contribution in [1.29, 1.82) is 0 Å². The third kappa shape index (κ3) is 1.70. The SMILES string of the molecule is c1cc2sccc2c(N[C@@H]2CCNC2)n1. The summed E-state index contributed by atoms with van der Waals surface area (Å²) >= 11 is 1.76. The Labute approximate surface area is 92.5 Å². The zero-order valence-corrected chi connectivity index (χ0v) is 9.18. The van der Waals surface area contributed by atoms with E-state index in [0.717, 1.165) is 18.9 Å². The summed E-state index contributed by atoms with van der Waals surface area (Å²) in [6.07, 6.45) is 3.06. The van der Waals surface area contributed by atoms with Crippen LogP contribution in [0.2, 0.25) is 0 Å². The number of nitrogens with one attached hydrogen (secondary N) is 2. The number of hydrogen-bond donors (Lipinski definition) is 2. The van der Waals surface area contributed by atoms with Crippen LogP contribution in [0, 0.1) is 0 Å². The molecule has 2 aromatic rings. The fourth-order valence-electron chi connectivity index (χ4n) is 1.98. The number of pyridine rings is 1. The second kappa shape index (κ2) is 3.79. The van der Waals surface area contributed by atoms with Gasteiger partial charge in [-0.05, 0) is 30.5 Å². The predicted molar refractivity (Wildman–Crippen MR) is 64.5 cm³/mol. The molecule has 1 aliphatic heterocycles. The molecule has 0 unspecified atom stereocenters. The van der Waals surface area contributed by atoms with Gasteiger partial charge in [-0.3, -0.25) is 0 Å². The minimum absolute atomic E-state index is 0.531. The molecule has 0 saturated carbocycles. The molecule has 4 heteroatoms. The summed E-state index contributed by atoms with van der Waals surface area (Å²) in [6, 6.07) is 4.73. The van der Waals surface area contributed by atoms with Crippen LogP contribution in [-0.4, -0.2) is 24.1 Å². The first-order chi connectivity index (χ1) is 7.43. The minimum atomic E-state index is 0.531. The van der Waals surface area contributed by atoms with Gasteiger partial charge in [0.05, 0.1) is 0 Å². The number of aromatic nitrogens is 1. The van der Waals surface area contributed by atoms with Crippen LogP contribution in [0.25, 0.3) is 10.1 Å². The number of thiophene rings is 1. The first-order valence-electron chi connectivity index (χ1n) is 5.23. The molecule has 3 heterocycles. The van der Waals surface area contributed by atoms with Crippen LogP contribution in [0.1, 0.15) is 6.42 Å². The first-order valence-corrected chi connectivity index (χ1v) is 6.11. The quantitative estimate of drug-likeness (QED) is 0.812. The van der Waals surface area contributed by atoms with E-state index in [9.17, 15) is 0 Å². The Morgan fingerprint density at radius 2 is 2.47 bits per heavy atom. The van der Waals surface area contributed by atoms with Crippen molar-refractivity contribution in [2.45, 2.75) is 12.5 Å². The summed E-state index contributed by atoms with van der Waals surface area (Å²) in [5.74, 6) is 1.03. The maximum Gasteiger partial charge on any atom is 0.134 e. The van der Waals surface area contributed by atoms with Gasteiger partial charge >= 0.3 is 0 Å². The van der Waals surface area contributed by atoms with Crippen molar-refractivity contribution >= 4 is 27.2 Å². The number of rotatable bonds is 2. The van der Waals surface area contributed by atoms with Crippen molar-refractivity contribution in [2.75, 3.05) is 18.4 Å². The third-order valence-electron chi connectivity index (χ3n) is 2.78. The second-order valence-corrected chi connectivity index (χ2v) is 4.77. The van der Waals surface area contributed by atoms with Gasteiger partial charge in [-0.1, -0.05) is 0 Å². The Morgan fingerprint density at radius 3 is 3.33 bits per heavy atom. The van der Waals surface area contributed by atoms with Crippen molar-refractivity contribution in [3.05, 3.63) is 23.7 Å². The van der Waals surface area contributed by atoms with Crippen LogP contribution in [-0.2, 0) is 0 Å². The second-order valence-electron chi connectivity index (χ2n) is 3.83. The van der Waals surface area contributed by atoms with Crippen LogP contribution in [0.15, 0.2) is 23.7 Å². The lowest BCUT2D eigenvalue weighted by Gasteiger charge is -2.12. The van der Waals surface area contributed by atoms with Gasteiger partial charge in [0, 0.05) is 28.9 Å². The van der Waals surface area contributed by atoms with E-state index in [1.54, 1.807) is 11.3 Å². The fraction of sp³-hybridized carbons (Fsp3) is 0.364. The lowest BCUT2D eigenvalue weighted by Crippen LogP contribution is -2.22. The van der Waals surface area contributed by atoms with Crippen LogP contribution in [0.5, 0.6) is 0 Å². The molecular formula is C11H13N3S. The summed E-state index contributed by atoms with van der Waals surface area (Å²) in [5.41, 5.74) is 0. The Bertz CT molecular complexity index is 460. The maximum atomic E-state index is 4.41. The van der Waals surface area contributed by atoms with Crippen molar-refractivity contribution < 1.29 is 0 Å². The molecule has 0 radical (unpaired) electrons. The molecule has 0 amide bonds. The number of anilines is 1. The van der Waals surface area contributed by atoms with Gasteiger partial charge in [0.25, 0.3) is 0 Å². The molecule has 0 spiro atoms. The van der Waals surface area contributed by atoms with Gasteiger partial charge in [-0.15, -0.1) is 11.3 Å². The van der Waals surface area contributed by atoms with E-state index >= 15 is 0 Å². The topological polar surface area (TPSA) is 37.0 Å². The summed E-state index contributed by atoms with van der Waals surface area (Å²) in [4.78, 5) is 4.41. The average molecular weight is 219 g/mol. The zero-order chi connectivity index (χ0) is 10.1. The molecule has 0 aliphatic carbocycles. The largest absolute Gasteiger partial charge is 0.365 e. The highest BCUT2D eigenvalue weighted by Crippen LogP contribution is 2.26. The van der Waals surface area contributed by atoms with Gasteiger partial charge in [0.15, 0.2) is 0 Å². The van der Waals surface area contributed by atoms with Crippen molar-refractivity contribution in [3.63, 3.8) is 0 Å². The van der Waals surface area contributed by atoms with E-state index in [-0.39, 0.29) is 0 Å². The highest BCUT2D eigenvalue weighted by Gasteiger charge is 2.15. The minimum Gasteiger partial charge on any atom is -0.365 e. The van der Waals surface area contributed by atoms with Crippen molar-refractivity contribution in [3.8, 4) is 0 Å². The van der Waals surface area contributed by atoms with Crippen LogP contribution in [0.4, 0.5) is 5.82 Å².